The average Bonchev–Trinajstić information content (AvgIpc) is 2.95. The van der Waals surface area contributed by atoms with Gasteiger partial charge in [0, 0.05) is 30.3 Å². The van der Waals surface area contributed by atoms with Crippen LogP contribution in [-0.2, 0) is 0 Å². The van der Waals surface area contributed by atoms with Crippen molar-refractivity contribution in [2.75, 3.05) is 6.61 Å². The van der Waals surface area contributed by atoms with E-state index in [0.717, 1.165) is 11.1 Å². The van der Waals surface area contributed by atoms with E-state index in [4.69, 9.17) is 5.11 Å². The van der Waals surface area contributed by atoms with Crippen molar-refractivity contribution in [3.63, 3.8) is 0 Å². The smallest absolute Gasteiger partial charge is 0.140 e. The fourth-order valence-electron chi connectivity index (χ4n) is 2.40. The topological polar surface area (TPSA) is 25.2 Å². The molecule has 3 aromatic rings. The van der Waals surface area contributed by atoms with E-state index in [9.17, 15) is 8.78 Å². The van der Waals surface area contributed by atoms with Crippen molar-refractivity contribution < 1.29 is 13.9 Å². The fourth-order valence-corrected chi connectivity index (χ4v) is 2.40. The van der Waals surface area contributed by atoms with Gasteiger partial charge in [-0.1, -0.05) is 11.8 Å². The van der Waals surface area contributed by atoms with Gasteiger partial charge in [-0.3, -0.25) is 0 Å². The second-order valence-corrected chi connectivity index (χ2v) is 5.18. The van der Waals surface area contributed by atoms with Crippen LogP contribution in [-0.4, -0.2) is 16.3 Å². The summed E-state index contributed by atoms with van der Waals surface area (Å²) in [6.07, 6.45) is 2.93. The van der Waals surface area contributed by atoms with Crippen LogP contribution in [0.5, 0.6) is 0 Å². The molecular formula is C19H15F2NO. The Balaban J connectivity index is 1.99. The minimum atomic E-state index is -0.393. The molecule has 1 aromatic heterocycles. The summed E-state index contributed by atoms with van der Waals surface area (Å²) >= 11 is 0. The van der Waals surface area contributed by atoms with E-state index < -0.39 is 5.82 Å². The van der Waals surface area contributed by atoms with E-state index in [1.807, 2.05) is 12.3 Å². The summed E-state index contributed by atoms with van der Waals surface area (Å²) in [7, 11) is 0. The number of aliphatic hydroxyl groups excluding tert-OH is 1. The lowest BCUT2D eigenvalue weighted by atomic mass is 10.1. The molecule has 0 radical (unpaired) electrons. The van der Waals surface area contributed by atoms with E-state index in [-0.39, 0.29) is 12.4 Å². The van der Waals surface area contributed by atoms with Crippen molar-refractivity contribution >= 4 is 10.9 Å². The number of aliphatic hydroxyl groups is 1. The Morgan fingerprint density at radius 2 is 1.83 bits per heavy atom. The molecule has 1 heterocycles. The number of hydrogen-bond donors (Lipinski definition) is 1. The molecule has 2 nitrogen and oxygen atoms in total. The highest BCUT2D eigenvalue weighted by atomic mass is 19.1. The monoisotopic (exact) mass is 311 g/mol. The minimum Gasteiger partial charge on any atom is -0.396 e. The van der Waals surface area contributed by atoms with Crippen LogP contribution < -0.4 is 0 Å². The molecule has 0 fully saturated rings. The third kappa shape index (κ3) is 3.25. The van der Waals surface area contributed by atoms with E-state index in [0.29, 0.717) is 23.9 Å². The largest absolute Gasteiger partial charge is 0.396 e. The highest BCUT2D eigenvalue weighted by Gasteiger charge is 2.08. The number of fused-ring (bicyclic) bond motifs is 1. The van der Waals surface area contributed by atoms with E-state index in [2.05, 4.69) is 11.8 Å². The first-order valence-electron chi connectivity index (χ1n) is 7.35. The number of halogens is 2. The van der Waals surface area contributed by atoms with Gasteiger partial charge < -0.3 is 9.67 Å². The normalized spacial score (nSPS) is 10.6. The summed E-state index contributed by atoms with van der Waals surface area (Å²) in [6.45, 7) is 0.0801. The summed E-state index contributed by atoms with van der Waals surface area (Å²) in [5.74, 6) is 4.95. The maximum Gasteiger partial charge on any atom is 0.140 e. The molecule has 0 saturated carbocycles. The lowest BCUT2D eigenvalue weighted by Gasteiger charge is -2.06. The van der Waals surface area contributed by atoms with Crippen LogP contribution >= 0.6 is 0 Å². The van der Waals surface area contributed by atoms with Crippen molar-refractivity contribution in [3.05, 3.63) is 65.9 Å². The molecule has 0 aliphatic heterocycles. The van der Waals surface area contributed by atoms with Crippen LogP contribution in [0.1, 0.15) is 18.4 Å². The number of unbranched alkanes of at least 4 members (excludes halogenated alkanes) is 1. The van der Waals surface area contributed by atoms with Crippen LogP contribution in [0.4, 0.5) is 8.78 Å². The highest BCUT2D eigenvalue weighted by molar-refractivity contribution is 5.83. The molecule has 0 saturated heterocycles. The van der Waals surface area contributed by atoms with Crippen molar-refractivity contribution in [1.29, 1.82) is 0 Å². The van der Waals surface area contributed by atoms with Gasteiger partial charge in [0.1, 0.15) is 11.6 Å². The maximum atomic E-state index is 14.2. The standard InChI is InChI=1S/C19H15F2NO/c20-16-5-7-17(8-6-16)22-10-9-15-12-14(4-2-1-3-11-23)18(21)13-19(15)22/h5-10,12-13,23H,1,3,11H2. The van der Waals surface area contributed by atoms with Gasteiger partial charge in [-0.2, -0.15) is 0 Å². The summed E-state index contributed by atoms with van der Waals surface area (Å²) in [5, 5.41) is 9.58. The predicted octanol–water partition coefficient (Wildman–Crippen LogP) is 4.03. The molecule has 0 aliphatic rings. The van der Waals surface area contributed by atoms with Crippen LogP contribution in [0.3, 0.4) is 0 Å². The lowest BCUT2D eigenvalue weighted by molar-refractivity contribution is 0.290. The van der Waals surface area contributed by atoms with Crippen molar-refractivity contribution in [2.45, 2.75) is 12.8 Å². The first-order chi connectivity index (χ1) is 11.2. The second kappa shape index (κ2) is 6.64. The summed E-state index contributed by atoms with van der Waals surface area (Å²) in [6, 6.07) is 11.1. The van der Waals surface area contributed by atoms with Crippen molar-refractivity contribution in [2.24, 2.45) is 0 Å². The highest BCUT2D eigenvalue weighted by Crippen LogP contribution is 2.23. The molecule has 23 heavy (non-hydrogen) atoms. The number of hydrogen-bond acceptors (Lipinski definition) is 1. The summed E-state index contributed by atoms with van der Waals surface area (Å²) < 4.78 is 29.1. The Bertz CT molecular complexity index is 885. The molecule has 0 amide bonds. The maximum absolute atomic E-state index is 14.2. The Kier molecular flexibility index (Phi) is 4.40. The number of nitrogens with zero attached hydrogens (tertiary/aromatic N) is 1. The zero-order valence-corrected chi connectivity index (χ0v) is 12.4. The Labute approximate surface area is 133 Å². The van der Waals surface area contributed by atoms with E-state index >= 15 is 0 Å². The third-order valence-electron chi connectivity index (χ3n) is 3.57. The fraction of sp³-hybridized carbons (Fsp3) is 0.158. The zero-order chi connectivity index (χ0) is 16.2. The molecule has 1 N–H and O–H groups in total. The number of rotatable bonds is 3. The second-order valence-electron chi connectivity index (χ2n) is 5.18. The Morgan fingerprint density at radius 3 is 2.57 bits per heavy atom. The first kappa shape index (κ1) is 15.3. The van der Waals surface area contributed by atoms with Crippen molar-refractivity contribution in [1.82, 2.24) is 4.57 Å². The first-order valence-corrected chi connectivity index (χ1v) is 7.35. The number of benzene rings is 2. The van der Waals surface area contributed by atoms with Crippen LogP contribution in [0.25, 0.3) is 16.6 Å². The zero-order valence-electron chi connectivity index (χ0n) is 12.4. The molecule has 0 aliphatic carbocycles. The average molecular weight is 311 g/mol. The van der Waals surface area contributed by atoms with Gasteiger partial charge in [0.2, 0.25) is 0 Å². The Morgan fingerprint density at radius 1 is 1.04 bits per heavy atom. The minimum absolute atomic E-state index is 0.0801. The van der Waals surface area contributed by atoms with Gasteiger partial charge in [0.15, 0.2) is 0 Å². The molecule has 0 bridgehead atoms. The van der Waals surface area contributed by atoms with E-state index in [1.165, 1.54) is 18.2 Å². The van der Waals surface area contributed by atoms with Gasteiger partial charge in [-0.05, 0) is 48.9 Å². The van der Waals surface area contributed by atoms with Gasteiger partial charge >= 0.3 is 0 Å². The predicted molar refractivity (Wildman–Crippen MR) is 86.4 cm³/mol. The molecule has 0 atom stereocenters. The van der Waals surface area contributed by atoms with Crippen LogP contribution in [0.15, 0.2) is 48.7 Å². The molecule has 0 spiro atoms. The molecule has 116 valence electrons. The Hall–Kier alpha value is -2.64. The lowest BCUT2D eigenvalue weighted by Crippen LogP contribution is -1.93. The molecular weight excluding hydrogens is 296 g/mol. The van der Waals surface area contributed by atoms with E-state index in [1.54, 1.807) is 22.8 Å². The quantitative estimate of drug-likeness (QED) is 0.573. The summed E-state index contributed by atoms with van der Waals surface area (Å²) in [4.78, 5) is 0. The SMILES string of the molecule is OCCCC#Cc1cc2ccn(-c3ccc(F)cc3)c2cc1F. The van der Waals surface area contributed by atoms with Gasteiger partial charge in [-0.15, -0.1) is 0 Å². The summed E-state index contributed by atoms with van der Waals surface area (Å²) in [5.41, 5.74) is 1.81. The number of aromatic nitrogens is 1. The van der Waals surface area contributed by atoms with Gasteiger partial charge in [0.25, 0.3) is 0 Å². The van der Waals surface area contributed by atoms with Crippen LogP contribution in [0, 0.1) is 23.5 Å². The van der Waals surface area contributed by atoms with Crippen LogP contribution in [0.2, 0.25) is 0 Å². The third-order valence-corrected chi connectivity index (χ3v) is 3.57. The van der Waals surface area contributed by atoms with Gasteiger partial charge in [-0.25, -0.2) is 8.78 Å². The molecule has 3 rings (SSSR count). The van der Waals surface area contributed by atoms with Crippen molar-refractivity contribution in [3.8, 4) is 17.5 Å². The molecule has 2 aromatic carbocycles. The molecule has 0 unspecified atom stereocenters. The van der Waals surface area contributed by atoms with Gasteiger partial charge in [0.05, 0.1) is 11.1 Å². The molecule has 4 heteroatoms.